The molecule has 1 aromatic carbocycles. The Kier molecular flexibility index (Phi) is 6.36. The molecule has 4 heteroatoms. The maximum Gasteiger partial charge on any atom is 0.134 e. The largest absolute Gasteiger partial charge is 0.370 e. The van der Waals surface area contributed by atoms with E-state index in [2.05, 4.69) is 31.3 Å². The Morgan fingerprint density at radius 3 is 2.62 bits per heavy atom. The van der Waals surface area contributed by atoms with Crippen LogP contribution in [0.2, 0.25) is 0 Å². The second-order valence-corrected chi connectivity index (χ2v) is 6.09. The molecule has 1 aromatic heterocycles. The van der Waals surface area contributed by atoms with Crippen molar-refractivity contribution >= 4 is 11.3 Å². The third-order valence-electron chi connectivity index (χ3n) is 3.40. The summed E-state index contributed by atoms with van der Waals surface area (Å²) in [5.41, 5.74) is 2.35. The highest BCUT2D eigenvalue weighted by atomic mass is 32.1. The number of methoxy groups -OCH3 is 1. The van der Waals surface area contributed by atoms with Crippen molar-refractivity contribution in [2.75, 3.05) is 13.7 Å². The minimum absolute atomic E-state index is 0.0681. The molecule has 2 aromatic rings. The molecule has 0 saturated carbocycles. The lowest BCUT2D eigenvalue weighted by Crippen LogP contribution is -2.13. The number of nitrogens with one attached hydrogen (secondary N) is 1. The van der Waals surface area contributed by atoms with Crippen molar-refractivity contribution in [3.8, 4) is 0 Å². The molecular formula is C17H24N2OS. The van der Waals surface area contributed by atoms with Crippen LogP contribution in [0.5, 0.6) is 0 Å². The number of hydrogen-bond acceptors (Lipinski definition) is 4. The fourth-order valence-corrected chi connectivity index (χ4v) is 3.55. The van der Waals surface area contributed by atoms with E-state index in [1.54, 1.807) is 18.4 Å². The molecule has 0 spiro atoms. The Bertz CT molecular complexity index is 539. The molecule has 2 rings (SSSR count). The highest BCUT2D eigenvalue weighted by molar-refractivity contribution is 7.11. The summed E-state index contributed by atoms with van der Waals surface area (Å²) < 4.78 is 5.69. The lowest BCUT2D eigenvalue weighted by molar-refractivity contribution is 0.136. The third kappa shape index (κ3) is 4.13. The van der Waals surface area contributed by atoms with Crippen LogP contribution in [-0.2, 0) is 17.7 Å². The van der Waals surface area contributed by atoms with Gasteiger partial charge in [0.1, 0.15) is 11.1 Å². The van der Waals surface area contributed by atoms with Crippen LogP contribution >= 0.6 is 11.3 Å². The molecule has 0 amide bonds. The minimum atomic E-state index is -0.0681. The first kappa shape index (κ1) is 16.1. The van der Waals surface area contributed by atoms with Crippen molar-refractivity contribution in [2.45, 2.75) is 39.3 Å². The standard InChI is InChI=1S/C17H24N2OS/c1-4-11-18-12-15-14(5-2)19-17(21-15)16(20-3)13-9-7-6-8-10-13/h6-10,16,18H,4-5,11-12H2,1-3H3. The third-order valence-corrected chi connectivity index (χ3v) is 4.55. The minimum Gasteiger partial charge on any atom is -0.370 e. The molecule has 3 nitrogen and oxygen atoms in total. The van der Waals surface area contributed by atoms with Gasteiger partial charge < -0.3 is 10.1 Å². The van der Waals surface area contributed by atoms with Gasteiger partial charge in [0.05, 0.1) is 5.69 Å². The van der Waals surface area contributed by atoms with E-state index in [4.69, 9.17) is 9.72 Å². The van der Waals surface area contributed by atoms with Crippen LogP contribution in [0.3, 0.4) is 0 Å². The predicted octanol–water partition coefficient (Wildman–Crippen LogP) is 3.94. The zero-order valence-corrected chi connectivity index (χ0v) is 13.9. The quantitative estimate of drug-likeness (QED) is 0.750. The lowest BCUT2D eigenvalue weighted by Gasteiger charge is -2.12. The highest BCUT2D eigenvalue weighted by Gasteiger charge is 2.19. The van der Waals surface area contributed by atoms with E-state index in [-0.39, 0.29) is 6.10 Å². The number of benzene rings is 1. The Hall–Kier alpha value is -1.23. The van der Waals surface area contributed by atoms with E-state index in [1.807, 2.05) is 18.2 Å². The lowest BCUT2D eigenvalue weighted by atomic mass is 10.1. The van der Waals surface area contributed by atoms with Crippen LogP contribution in [-0.4, -0.2) is 18.6 Å². The molecule has 1 atom stereocenters. The Morgan fingerprint density at radius 2 is 2.00 bits per heavy atom. The number of aromatic nitrogens is 1. The van der Waals surface area contributed by atoms with Gasteiger partial charge in [-0.1, -0.05) is 44.2 Å². The molecule has 0 bridgehead atoms. The summed E-state index contributed by atoms with van der Waals surface area (Å²) in [5.74, 6) is 0. The zero-order chi connectivity index (χ0) is 15.1. The number of nitrogens with zero attached hydrogens (tertiary/aromatic N) is 1. The molecule has 1 unspecified atom stereocenters. The van der Waals surface area contributed by atoms with Gasteiger partial charge in [-0.3, -0.25) is 0 Å². The average molecular weight is 304 g/mol. The molecule has 0 aliphatic rings. The first-order chi connectivity index (χ1) is 10.3. The average Bonchev–Trinajstić information content (AvgIpc) is 2.92. The highest BCUT2D eigenvalue weighted by Crippen LogP contribution is 2.31. The molecule has 0 saturated heterocycles. The van der Waals surface area contributed by atoms with Gasteiger partial charge in [-0.05, 0) is 24.9 Å². The molecule has 0 aliphatic carbocycles. The Balaban J connectivity index is 2.22. The molecule has 0 radical (unpaired) electrons. The smallest absolute Gasteiger partial charge is 0.134 e. The number of hydrogen-bond donors (Lipinski definition) is 1. The summed E-state index contributed by atoms with van der Waals surface area (Å²) in [6.45, 7) is 6.29. The summed E-state index contributed by atoms with van der Waals surface area (Å²) in [6, 6.07) is 10.3. The number of ether oxygens (including phenoxy) is 1. The van der Waals surface area contributed by atoms with E-state index >= 15 is 0 Å². The number of rotatable bonds is 8. The van der Waals surface area contributed by atoms with Crippen LogP contribution in [0, 0.1) is 0 Å². The molecule has 1 heterocycles. The van der Waals surface area contributed by atoms with Crippen LogP contribution in [0.25, 0.3) is 0 Å². The van der Waals surface area contributed by atoms with Gasteiger partial charge >= 0.3 is 0 Å². The second-order valence-electron chi connectivity index (χ2n) is 4.98. The SMILES string of the molecule is CCCNCc1sc(C(OC)c2ccccc2)nc1CC. The monoisotopic (exact) mass is 304 g/mol. The molecule has 1 N–H and O–H groups in total. The Labute approximate surface area is 131 Å². The molecule has 0 fully saturated rings. The summed E-state index contributed by atoms with van der Waals surface area (Å²) in [4.78, 5) is 6.14. The van der Waals surface area contributed by atoms with Gasteiger partial charge in [0.15, 0.2) is 0 Å². The van der Waals surface area contributed by atoms with E-state index in [1.165, 1.54) is 10.6 Å². The van der Waals surface area contributed by atoms with Gasteiger partial charge in [-0.25, -0.2) is 4.98 Å². The summed E-state index contributed by atoms with van der Waals surface area (Å²) in [7, 11) is 1.75. The first-order valence-corrected chi connectivity index (χ1v) is 8.38. The Morgan fingerprint density at radius 1 is 1.24 bits per heavy atom. The number of aryl methyl sites for hydroxylation is 1. The molecular weight excluding hydrogens is 280 g/mol. The summed E-state index contributed by atoms with van der Waals surface area (Å²) in [6.07, 6.45) is 2.05. The van der Waals surface area contributed by atoms with Crippen LogP contribution in [0.1, 0.15) is 47.5 Å². The van der Waals surface area contributed by atoms with Crippen LogP contribution in [0.4, 0.5) is 0 Å². The normalized spacial score (nSPS) is 12.5. The van der Waals surface area contributed by atoms with Crippen LogP contribution in [0.15, 0.2) is 30.3 Å². The number of thiazole rings is 1. The van der Waals surface area contributed by atoms with Crippen molar-refractivity contribution < 1.29 is 4.74 Å². The fourth-order valence-electron chi connectivity index (χ4n) is 2.32. The van der Waals surface area contributed by atoms with Gasteiger partial charge in [0.2, 0.25) is 0 Å². The molecule has 0 aliphatic heterocycles. The predicted molar refractivity (Wildman–Crippen MR) is 88.8 cm³/mol. The van der Waals surface area contributed by atoms with Crippen molar-refractivity contribution in [3.05, 3.63) is 51.5 Å². The van der Waals surface area contributed by atoms with Crippen molar-refractivity contribution in [1.29, 1.82) is 0 Å². The van der Waals surface area contributed by atoms with E-state index < -0.39 is 0 Å². The van der Waals surface area contributed by atoms with E-state index in [0.29, 0.717) is 0 Å². The van der Waals surface area contributed by atoms with Crippen molar-refractivity contribution in [1.82, 2.24) is 10.3 Å². The van der Waals surface area contributed by atoms with Gasteiger partial charge in [0, 0.05) is 18.5 Å². The van der Waals surface area contributed by atoms with Gasteiger partial charge in [-0.2, -0.15) is 0 Å². The summed E-state index contributed by atoms with van der Waals surface area (Å²) >= 11 is 1.76. The molecule has 21 heavy (non-hydrogen) atoms. The van der Waals surface area contributed by atoms with Crippen LogP contribution < -0.4 is 5.32 Å². The topological polar surface area (TPSA) is 34.1 Å². The maximum atomic E-state index is 5.69. The zero-order valence-electron chi connectivity index (χ0n) is 13.1. The van der Waals surface area contributed by atoms with E-state index in [9.17, 15) is 0 Å². The first-order valence-electron chi connectivity index (χ1n) is 7.57. The molecule has 114 valence electrons. The van der Waals surface area contributed by atoms with E-state index in [0.717, 1.165) is 36.5 Å². The maximum absolute atomic E-state index is 5.69. The summed E-state index contributed by atoms with van der Waals surface area (Å²) in [5, 5.41) is 4.52. The van der Waals surface area contributed by atoms with Gasteiger partial charge in [-0.15, -0.1) is 11.3 Å². The fraction of sp³-hybridized carbons (Fsp3) is 0.471. The second kappa shape index (κ2) is 8.27. The van der Waals surface area contributed by atoms with Crippen molar-refractivity contribution in [3.63, 3.8) is 0 Å². The van der Waals surface area contributed by atoms with Crippen molar-refractivity contribution in [2.24, 2.45) is 0 Å². The van der Waals surface area contributed by atoms with Gasteiger partial charge in [0.25, 0.3) is 0 Å².